The first-order valence-corrected chi connectivity index (χ1v) is 16.0. The van der Waals surface area contributed by atoms with Gasteiger partial charge in [-0.1, -0.05) is 13.8 Å². The number of fused-ring (bicyclic) bond motifs is 3. The second-order valence-electron chi connectivity index (χ2n) is 11.6. The first kappa shape index (κ1) is 28.6. The van der Waals surface area contributed by atoms with Crippen LogP contribution in [-0.2, 0) is 38.6 Å². The maximum Gasteiger partial charge on any atom is 0.319 e. The van der Waals surface area contributed by atoms with Crippen LogP contribution in [0.15, 0.2) is 17.0 Å². The van der Waals surface area contributed by atoms with Crippen molar-refractivity contribution in [1.82, 2.24) is 4.57 Å². The lowest BCUT2D eigenvalue weighted by molar-refractivity contribution is -0.148. The number of sulfone groups is 1. The number of nitrogens with one attached hydrogen (secondary N) is 1. The number of halogens is 1. The Balaban J connectivity index is 1.55. The van der Waals surface area contributed by atoms with Crippen molar-refractivity contribution in [3.63, 3.8) is 0 Å². The third kappa shape index (κ3) is 5.02. The summed E-state index contributed by atoms with van der Waals surface area (Å²) < 4.78 is 50.3. The van der Waals surface area contributed by atoms with Crippen LogP contribution in [0.5, 0.6) is 0 Å². The number of amides is 1. The SMILES string of the molecule is CCC1(CC)Cc2c(c3c(n2-c2cc(F)c(C(N)=O)c(NC4CCC(OC(=O)CN)CC4)c2)CCC3)S(=O)(=O)C1. The molecule has 0 unspecified atom stereocenters. The summed E-state index contributed by atoms with van der Waals surface area (Å²) in [5, 5.41) is 3.33. The minimum absolute atomic E-state index is 0.0851. The van der Waals surface area contributed by atoms with Crippen LogP contribution in [0, 0.1) is 11.2 Å². The Morgan fingerprint density at radius 1 is 1.12 bits per heavy atom. The Labute approximate surface area is 234 Å². The number of anilines is 1. The van der Waals surface area contributed by atoms with E-state index in [0.29, 0.717) is 55.5 Å². The Morgan fingerprint density at radius 2 is 1.82 bits per heavy atom. The third-order valence-corrected chi connectivity index (χ3v) is 11.3. The third-order valence-electron chi connectivity index (χ3n) is 9.19. The summed E-state index contributed by atoms with van der Waals surface area (Å²) in [6, 6.07) is 2.94. The molecule has 1 aliphatic heterocycles. The Hall–Kier alpha value is -2.92. The highest BCUT2D eigenvalue weighted by molar-refractivity contribution is 7.91. The number of ether oxygens (including phenoxy) is 1. The number of carbonyl (C=O) groups is 2. The van der Waals surface area contributed by atoms with Gasteiger partial charge in [0, 0.05) is 17.4 Å². The van der Waals surface area contributed by atoms with Crippen molar-refractivity contribution in [3.8, 4) is 5.69 Å². The van der Waals surface area contributed by atoms with E-state index in [2.05, 4.69) is 5.32 Å². The van der Waals surface area contributed by atoms with Gasteiger partial charge in [-0.25, -0.2) is 12.8 Å². The fraction of sp³-hybridized carbons (Fsp3) is 0.586. The van der Waals surface area contributed by atoms with Crippen LogP contribution in [0.3, 0.4) is 0 Å². The fourth-order valence-electron chi connectivity index (χ4n) is 6.95. The van der Waals surface area contributed by atoms with Crippen molar-refractivity contribution in [2.45, 2.75) is 95.1 Å². The number of primary amides is 1. The van der Waals surface area contributed by atoms with E-state index in [4.69, 9.17) is 16.2 Å². The van der Waals surface area contributed by atoms with Crippen molar-refractivity contribution >= 4 is 27.4 Å². The van der Waals surface area contributed by atoms with E-state index in [1.54, 1.807) is 6.07 Å². The average Bonchev–Trinajstić information content (AvgIpc) is 3.48. The molecule has 1 fully saturated rings. The van der Waals surface area contributed by atoms with E-state index in [1.165, 1.54) is 6.07 Å². The quantitative estimate of drug-likeness (QED) is 0.409. The van der Waals surface area contributed by atoms with Gasteiger partial charge in [0.25, 0.3) is 5.91 Å². The maximum absolute atomic E-state index is 15.6. The number of hydrogen-bond donors (Lipinski definition) is 3. The lowest BCUT2D eigenvalue weighted by atomic mass is 9.79. The smallest absolute Gasteiger partial charge is 0.319 e. The molecule has 0 radical (unpaired) electrons. The molecule has 40 heavy (non-hydrogen) atoms. The Kier molecular flexibility index (Phi) is 7.73. The van der Waals surface area contributed by atoms with E-state index in [1.807, 2.05) is 18.4 Å². The van der Waals surface area contributed by atoms with E-state index >= 15 is 4.39 Å². The van der Waals surface area contributed by atoms with Crippen LogP contribution in [0.1, 0.15) is 86.1 Å². The summed E-state index contributed by atoms with van der Waals surface area (Å²) >= 11 is 0. The first-order valence-electron chi connectivity index (χ1n) is 14.3. The molecular formula is C29H39FN4O5S. The lowest BCUT2D eigenvalue weighted by Gasteiger charge is -2.36. The van der Waals surface area contributed by atoms with Crippen molar-refractivity contribution in [2.75, 3.05) is 17.6 Å². The maximum atomic E-state index is 15.6. The van der Waals surface area contributed by atoms with Crippen LogP contribution < -0.4 is 16.8 Å². The number of rotatable bonds is 8. The number of nitrogens with two attached hydrogens (primary N) is 2. The molecular weight excluding hydrogens is 535 g/mol. The van der Waals surface area contributed by atoms with Crippen molar-refractivity contribution in [2.24, 2.45) is 16.9 Å². The number of aromatic nitrogens is 1. The van der Waals surface area contributed by atoms with Crippen LogP contribution in [0.4, 0.5) is 10.1 Å². The molecule has 2 aromatic rings. The van der Waals surface area contributed by atoms with Crippen LogP contribution >= 0.6 is 0 Å². The van der Waals surface area contributed by atoms with Gasteiger partial charge >= 0.3 is 5.97 Å². The Bertz CT molecular complexity index is 1440. The molecule has 1 amide bonds. The van der Waals surface area contributed by atoms with E-state index < -0.39 is 27.5 Å². The predicted molar refractivity (Wildman–Crippen MR) is 150 cm³/mol. The number of esters is 1. The minimum Gasteiger partial charge on any atom is -0.461 e. The molecule has 1 saturated carbocycles. The average molecular weight is 575 g/mol. The van der Waals surface area contributed by atoms with Gasteiger partial charge in [0.05, 0.1) is 34.1 Å². The standard InChI is InChI=1S/C29H39FN4O5S/c1-3-29(4-2)14-24-27(40(37,38)16-29)20-6-5-7-23(20)34(24)18-12-21(30)26(28(32)36)22(13-18)33-17-8-10-19(11-9-17)39-25(35)15-31/h12-13,17,19,33H,3-11,14-16,31H2,1-2H3,(H2,32,36). The summed E-state index contributed by atoms with van der Waals surface area (Å²) in [7, 11) is -3.51. The normalized spacial score (nSPS) is 22.8. The largest absolute Gasteiger partial charge is 0.461 e. The van der Waals surface area contributed by atoms with Gasteiger partial charge in [0.1, 0.15) is 11.9 Å². The molecule has 5 N–H and O–H groups in total. The first-order chi connectivity index (χ1) is 19.0. The topological polar surface area (TPSA) is 147 Å². The fourth-order valence-corrected chi connectivity index (χ4v) is 9.52. The molecule has 11 heteroatoms. The molecule has 1 aromatic carbocycles. The van der Waals surface area contributed by atoms with Gasteiger partial charge in [-0.05, 0) is 87.3 Å². The van der Waals surface area contributed by atoms with Gasteiger partial charge in [-0.3, -0.25) is 9.59 Å². The van der Waals surface area contributed by atoms with Gasteiger partial charge in [-0.15, -0.1) is 0 Å². The van der Waals surface area contributed by atoms with E-state index in [-0.39, 0.29) is 41.1 Å². The number of hydrogen-bond acceptors (Lipinski definition) is 7. The zero-order valence-electron chi connectivity index (χ0n) is 23.2. The van der Waals surface area contributed by atoms with Crippen molar-refractivity contribution in [1.29, 1.82) is 0 Å². The summed E-state index contributed by atoms with van der Waals surface area (Å²) in [4.78, 5) is 24.3. The van der Waals surface area contributed by atoms with Gasteiger partial charge in [0.15, 0.2) is 9.84 Å². The van der Waals surface area contributed by atoms with E-state index in [9.17, 15) is 18.0 Å². The van der Waals surface area contributed by atoms with Crippen molar-refractivity contribution in [3.05, 3.63) is 40.5 Å². The second-order valence-corrected chi connectivity index (χ2v) is 13.5. The zero-order chi connectivity index (χ0) is 28.8. The molecule has 2 heterocycles. The molecule has 218 valence electrons. The molecule has 0 saturated heterocycles. The molecule has 0 spiro atoms. The zero-order valence-corrected chi connectivity index (χ0v) is 24.0. The molecule has 5 rings (SSSR count). The number of nitrogens with zero attached hydrogens (tertiary/aromatic N) is 1. The second kappa shape index (κ2) is 10.8. The molecule has 0 atom stereocenters. The van der Waals surface area contributed by atoms with E-state index in [0.717, 1.165) is 36.2 Å². The summed E-state index contributed by atoms with van der Waals surface area (Å²) in [5.41, 5.74) is 13.6. The Morgan fingerprint density at radius 3 is 2.45 bits per heavy atom. The predicted octanol–water partition coefficient (Wildman–Crippen LogP) is 3.57. The van der Waals surface area contributed by atoms with Crippen LogP contribution in [-0.4, -0.2) is 49.3 Å². The highest BCUT2D eigenvalue weighted by Gasteiger charge is 2.45. The molecule has 3 aliphatic rings. The van der Waals surface area contributed by atoms with Crippen LogP contribution in [0.2, 0.25) is 0 Å². The molecule has 1 aromatic heterocycles. The van der Waals surface area contributed by atoms with Crippen LogP contribution in [0.25, 0.3) is 5.69 Å². The minimum atomic E-state index is -3.51. The van der Waals surface area contributed by atoms with Gasteiger partial charge in [0.2, 0.25) is 0 Å². The highest BCUT2D eigenvalue weighted by Crippen LogP contribution is 2.47. The summed E-state index contributed by atoms with van der Waals surface area (Å²) in [5.74, 6) is -1.94. The highest BCUT2D eigenvalue weighted by atomic mass is 32.2. The summed E-state index contributed by atoms with van der Waals surface area (Å²) in [6.07, 6.45) is 6.57. The number of carbonyl (C=O) groups excluding carboxylic acids is 2. The van der Waals surface area contributed by atoms with Gasteiger partial charge < -0.3 is 26.1 Å². The summed E-state index contributed by atoms with van der Waals surface area (Å²) in [6.45, 7) is 3.89. The van der Waals surface area contributed by atoms with Gasteiger partial charge in [-0.2, -0.15) is 0 Å². The molecule has 0 bridgehead atoms. The monoisotopic (exact) mass is 574 g/mol. The van der Waals surface area contributed by atoms with Crippen molar-refractivity contribution < 1.29 is 27.1 Å². The molecule has 2 aliphatic carbocycles. The number of benzene rings is 1. The lowest BCUT2D eigenvalue weighted by Crippen LogP contribution is -2.37. The molecule has 9 nitrogen and oxygen atoms in total.